The molecule has 0 saturated heterocycles. The second-order valence-electron chi connectivity index (χ2n) is 4.88. The van der Waals surface area contributed by atoms with E-state index in [9.17, 15) is 4.79 Å². The van der Waals surface area contributed by atoms with Crippen LogP contribution >= 0.6 is 0 Å². The van der Waals surface area contributed by atoms with Crippen molar-refractivity contribution in [1.82, 2.24) is 0 Å². The molecule has 3 nitrogen and oxygen atoms in total. The molecule has 20 heavy (non-hydrogen) atoms. The molecule has 0 radical (unpaired) electrons. The van der Waals surface area contributed by atoms with Crippen LogP contribution in [0.5, 0.6) is 5.75 Å². The zero-order valence-corrected chi connectivity index (χ0v) is 11.8. The predicted octanol–water partition coefficient (Wildman–Crippen LogP) is 3.01. The van der Waals surface area contributed by atoms with Crippen molar-refractivity contribution < 1.29 is 9.53 Å². The van der Waals surface area contributed by atoms with Crippen molar-refractivity contribution in [3.05, 3.63) is 65.2 Å². The van der Waals surface area contributed by atoms with Crippen LogP contribution in [0, 0.1) is 6.92 Å². The van der Waals surface area contributed by atoms with Crippen LogP contribution in [0.3, 0.4) is 0 Å². The number of aryl methyl sites for hydroxylation is 1. The molecular weight excluding hydrogens is 250 g/mol. The van der Waals surface area contributed by atoms with Gasteiger partial charge in [0.15, 0.2) is 0 Å². The van der Waals surface area contributed by atoms with Gasteiger partial charge in [-0.25, -0.2) is 0 Å². The second kappa shape index (κ2) is 6.24. The zero-order chi connectivity index (χ0) is 14.5. The van der Waals surface area contributed by atoms with Gasteiger partial charge in [-0.3, -0.25) is 4.79 Å². The summed E-state index contributed by atoms with van der Waals surface area (Å²) in [4.78, 5) is 11.4. The van der Waals surface area contributed by atoms with E-state index in [1.807, 2.05) is 49.4 Å². The standard InChI is InChI=1S/C17H19NO2/c1-12-8-9-16(20-2)15(10-12)14(11-17(18)19)13-6-4-3-5-7-13/h3-10,14H,11H2,1-2H3,(H2,18,19). The van der Waals surface area contributed by atoms with Gasteiger partial charge in [-0.15, -0.1) is 0 Å². The first kappa shape index (κ1) is 14.1. The first-order valence-electron chi connectivity index (χ1n) is 6.59. The van der Waals surface area contributed by atoms with E-state index >= 15 is 0 Å². The molecule has 0 heterocycles. The normalized spacial score (nSPS) is 11.9. The summed E-state index contributed by atoms with van der Waals surface area (Å²) in [6, 6.07) is 15.9. The molecule has 0 aliphatic heterocycles. The number of methoxy groups -OCH3 is 1. The number of amides is 1. The van der Waals surface area contributed by atoms with Crippen molar-refractivity contribution >= 4 is 5.91 Å². The van der Waals surface area contributed by atoms with Crippen molar-refractivity contribution in [3.8, 4) is 5.75 Å². The smallest absolute Gasteiger partial charge is 0.218 e. The van der Waals surface area contributed by atoms with Crippen molar-refractivity contribution in [2.24, 2.45) is 5.73 Å². The largest absolute Gasteiger partial charge is 0.496 e. The van der Waals surface area contributed by atoms with Gasteiger partial charge in [-0.05, 0) is 18.6 Å². The Kier molecular flexibility index (Phi) is 4.41. The molecule has 0 saturated carbocycles. The lowest BCUT2D eigenvalue weighted by atomic mass is 9.87. The van der Waals surface area contributed by atoms with Crippen LogP contribution < -0.4 is 10.5 Å². The highest BCUT2D eigenvalue weighted by molar-refractivity contribution is 5.75. The lowest BCUT2D eigenvalue weighted by Gasteiger charge is -2.20. The Hall–Kier alpha value is -2.29. The lowest BCUT2D eigenvalue weighted by Crippen LogP contribution is -2.16. The summed E-state index contributed by atoms with van der Waals surface area (Å²) in [5.41, 5.74) is 8.61. The number of nitrogens with two attached hydrogens (primary N) is 1. The molecule has 0 aliphatic carbocycles. The maximum atomic E-state index is 11.4. The number of benzene rings is 2. The Morgan fingerprint density at radius 1 is 1.20 bits per heavy atom. The van der Waals surface area contributed by atoms with Crippen molar-refractivity contribution in [3.63, 3.8) is 0 Å². The van der Waals surface area contributed by atoms with Gasteiger partial charge in [-0.1, -0.05) is 48.0 Å². The van der Waals surface area contributed by atoms with E-state index in [-0.39, 0.29) is 18.2 Å². The minimum atomic E-state index is -0.317. The number of carbonyl (C=O) groups excluding carboxylic acids is 1. The van der Waals surface area contributed by atoms with E-state index in [2.05, 4.69) is 6.07 Å². The zero-order valence-electron chi connectivity index (χ0n) is 11.8. The van der Waals surface area contributed by atoms with E-state index < -0.39 is 0 Å². The van der Waals surface area contributed by atoms with Gasteiger partial charge in [0.1, 0.15) is 5.75 Å². The summed E-state index contributed by atoms with van der Waals surface area (Å²) in [5.74, 6) is 0.386. The highest BCUT2D eigenvalue weighted by Crippen LogP contribution is 2.34. The fourth-order valence-electron chi connectivity index (χ4n) is 2.42. The molecule has 2 aromatic rings. The number of hydrogen-bond acceptors (Lipinski definition) is 2. The predicted molar refractivity (Wildman–Crippen MR) is 79.8 cm³/mol. The van der Waals surface area contributed by atoms with E-state index in [1.54, 1.807) is 7.11 Å². The maximum absolute atomic E-state index is 11.4. The molecule has 104 valence electrons. The Morgan fingerprint density at radius 2 is 1.90 bits per heavy atom. The second-order valence-corrected chi connectivity index (χ2v) is 4.88. The molecule has 2 N–H and O–H groups in total. The van der Waals surface area contributed by atoms with Crippen LogP contribution in [0.2, 0.25) is 0 Å². The van der Waals surface area contributed by atoms with Crippen LogP contribution in [-0.4, -0.2) is 13.0 Å². The molecular formula is C17H19NO2. The fraction of sp³-hybridized carbons (Fsp3) is 0.235. The number of ether oxygens (including phenoxy) is 1. The van der Waals surface area contributed by atoms with Gasteiger partial charge >= 0.3 is 0 Å². The summed E-state index contributed by atoms with van der Waals surface area (Å²) >= 11 is 0. The summed E-state index contributed by atoms with van der Waals surface area (Å²) in [5, 5.41) is 0. The van der Waals surface area contributed by atoms with Gasteiger partial charge in [-0.2, -0.15) is 0 Å². The van der Waals surface area contributed by atoms with Gasteiger partial charge in [0.2, 0.25) is 5.91 Å². The van der Waals surface area contributed by atoms with Gasteiger partial charge < -0.3 is 10.5 Å². The van der Waals surface area contributed by atoms with Gasteiger partial charge in [0, 0.05) is 17.9 Å². The molecule has 1 atom stereocenters. The molecule has 0 fully saturated rings. The van der Waals surface area contributed by atoms with Gasteiger partial charge in [0.25, 0.3) is 0 Å². The van der Waals surface area contributed by atoms with Crippen LogP contribution in [0.1, 0.15) is 29.0 Å². The minimum absolute atomic E-state index is 0.0800. The average molecular weight is 269 g/mol. The van der Waals surface area contributed by atoms with E-state index in [4.69, 9.17) is 10.5 Å². The first-order chi connectivity index (χ1) is 9.61. The Labute approximate surface area is 119 Å². The van der Waals surface area contributed by atoms with Crippen LogP contribution in [0.4, 0.5) is 0 Å². The van der Waals surface area contributed by atoms with E-state index in [1.165, 1.54) is 0 Å². The molecule has 0 bridgehead atoms. The van der Waals surface area contributed by atoms with Crippen molar-refractivity contribution in [2.45, 2.75) is 19.3 Å². The third-order valence-corrected chi connectivity index (χ3v) is 3.37. The molecule has 1 unspecified atom stereocenters. The maximum Gasteiger partial charge on any atom is 0.218 e. The topological polar surface area (TPSA) is 52.3 Å². The highest BCUT2D eigenvalue weighted by atomic mass is 16.5. The van der Waals surface area contributed by atoms with Gasteiger partial charge in [0.05, 0.1) is 7.11 Å². The molecule has 3 heteroatoms. The fourth-order valence-corrected chi connectivity index (χ4v) is 2.42. The third-order valence-electron chi connectivity index (χ3n) is 3.37. The SMILES string of the molecule is COc1ccc(C)cc1C(CC(N)=O)c1ccccc1. The molecule has 0 aliphatic rings. The Balaban J connectivity index is 2.51. The summed E-state index contributed by atoms with van der Waals surface area (Å²) in [6.45, 7) is 2.02. The summed E-state index contributed by atoms with van der Waals surface area (Å²) in [6.07, 6.45) is 0.268. The van der Waals surface area contributed by atoms with Crippen LogP contribution in [-0.2, 0) is 4.79 Å². The van der Waals surface area contributed by atoms with Crippen molar-refractivity contribution in [1.29, 1.82) is 0 Å². The quantitative estimate of drug-likeness (QED) is 0.907. The molecule has 0 spiro atoms. The molecule has 2 rings (SSSR count). The molecule has 0 aromatic heterocycles. The van der Waals surface area contributed by atoms with Crippen LogP contribution in [0.25, 0.3) is 0 Å². The van der Waals surface area contributed by atoms with E-state index in [0.717, 1.165) is 22.4 Å². The van der Waals surface area contributed by atoms with Crippen molar-refractivity contribution in [2.75, 3.05) is 7.11 Å². The molecule has 1 amide bonds. The Morgan fingerprint density at radius 3 is 2.50 bits per heavy atom. The minimum Gasteiger partial charge on any atom is -0.496 e. The van der Waals surface area contributed by atoms with E-state index in [0.29, 0.717) is 0 Å². The van der Waals surface area contributed by atoms with Crippen LogP contribution in [0.15, 0.2) is 48.5 Å². The number of rotatable bonds is 5. The first-order valence-corrected chi connectivity index (χ1v) is 6.59. The molecule has 2 aromatic carbocycles. The summed E-state index contributed by atoms with van der Waals surface area (Å²) < 4.78 is 5.43. The third kappa shape index (κ3) is 3.18. The summed E-state index contributed by atoms with van der Waals surface area (Å²) in [7, 11) is 1.64. The lowest BCUT2D eigenvalue weighted by molar-refractivity contribution is -0.118. The Bertz CT molecular complexity index is 593. The monoisotopic (exact) mass is 269 g/mol. The number of hydrogen-bond donors (Lipinski definition) is 1. The number of carbonyl (C=O) groups is 1. The average Bonchev–Trinajstić information content (AvgIpc) is 2.45. The number of primary amides is 1. The highest BCUT2D eigenvalue weighted by Gasteiger charge is 2.20.